The molecule has 0 aliphatic heterocycles. The molecule has 0 aliphatic rings. The van der Waals surface area contributed by atoms with E-state index in [2.05, 4.69) is 4.98 Å². The van der Waals surface area contributed by atoms with Crippen molar-refractivity contribution < 1.29 is 14.6 Å². The quantitative estimate of drug-likeness (QED) is 0.803. The van der Waals surface area contributed by atoms with Crippen LogP contribution in [-0.4, -0.2) is 28.7 Å². The molecule has 2 aromatic heterocycles. The minimum Gasteiger partial charge on any atom is -0.493 e. The van der Waals surface area contributed by atoms with Gasteiger partial charge in [-0.2, -0.15) is 0 Å². The van der Waals surface area contributed by atoms with E-state index in [1.165, 1.54) is 0 Å². The lowest BCUT2D eigenvalue weighted by atomic mass is 10.1. The molecular formula is C16H15ClN2O3. The molecule has 0 spiro atoms. The Balaban J connectivity index is 2.21. The van der Waals surface area contributed by atoms with Crippen molar-refractivity contribution in [1.82, 2.24) is 9.38 Å². The summed E-state index contributed by atoms with van der Waals surface area (Å²) in [5.74, 6) is 1.25. The maximum Gasteiger partial charge on any atom is 0.161 e. The van der Waals surface area contributed by atoms with Crippen molar-refractivity contribution in [3.05, 3.63) is 47.2 Å². The van der Waals surface area contributed by atoms with Crippen molar-refractivity contribution in [2.45, 2.75) is 6.61 Å². The van der Waals surface area contributed by atoms with Crippen LogP contribution in [0.2, 0.25) is 5.02 Å². The molecule has 0 radical (unpaired) electrons. The lowest BCUT2D eigenvalue weighted by molar-refractivity contribution is 0.276. The SMILES string of the molecule is COc1ccc(-c2nc3ccc(Cl)cn3c2CO)cc1OC. The smallest absolute Gasteiger partial charge is 0.161 e. The Bertz CT molecular complexity index is 830. The predicted octanol–water partition coefficient (Wildman–Crippen LogP) is 3.16. The first-order valence-corrected chi connectivity index (χ1v) is 7.05. The second-order valence-corrected chi connectivity index (χ2v) is 5.15. The molecule has 0 saturated heterocycles. The summed E-state index contributed by atoms with van der Waals surface area (Å²) in [7, 11) is 3.17. The standard InChI is InChI=1S/C16H15ClN2O3/c1-21-13-5-3-10(7-14(13)22-2)16-12(9-20)19-8-11(17)4-6-15(19)18-16/h3-8,20H,9H2,1-2H3. The Labute approximate surface area is 132 Å². The molecular weight excluding hydrogens is 304 g/mol. The number of aliphatic hydroxyl groups is 1. The van der Waals surface area contributed by atoms with E-state index >= 15 is 0 Å². The highest BCUT2D eigenvalue weighted by molar-refractivity contribution is 6.30. The number of halogens is 1. The van der Waals surface area contributed by atoms with Crippen molar-refractivity contribution >= 4 is 17.2 Å². The lowest BCUT2D eigenvalue weighted by Crippen LogP contribution is -1.95. The summed E-state index contributed by atoms with van der Waals surface area (Å²) >= 11 is 6.02. The van der Waals surface area contributed by atoms with Crippen LogP contribution in [-0.2, 0) is 6.61 Å². The van der Waals surface area contributed by atoms with Gasteiger partial charge >= 0.3 is 0 Å². The van der Waals surface area contributed by atoms with Crippen molar-refractivity contribution in [2.24, 2.45) is 0 Å². The fourth-order valence-corrected chi connectivity index (χ4v) is 2.59. The number of fused-ring (bicyclic) bond motifs is 1. The van der Waals surface area contributed by atoms with E-state index in [9.17, 15) is 5.11 Å². The first-order valence-electron chi connectivity index (χ1n) is 6.67. The van der Waals surface area contributed by atoms with Crippen LogP contribution in [0.3, 0.4) is 0 Å². The maximum atomic E-state index is 9.72. The van der Waals surface area contributed by atoms with Gasteiger partial charge in [0.15, 0.2) is 11.5 Å². The van der Waals surface area contributed by atoms with Gasteiger partial charge in [-0.3, -0.25) is 4.40 Å². The number of aromatic nitrogens is 2. The highest BCUT2D eigenvalue weighted by Crippen LogP contribution is 2.33. The first kappa shape index (κ1) is 14.7. The lowest BCUT2D eigenvalue weighted by Gasteiger charge is -2.09. The monoisotopic (exact) mass is 318 g/mol. The summed E-state index contributed by atoms with van der Waals surface area (Å²) in [6, 6.07) is 9.10. The summed E-state index contributed by atoms with van der Waals surface area (Å²) in [4.78, 5) is 4.57. The molecule has 0 amide bonds. The molecule has 22 heavy (non-hydrogen) atoms. The van der Waals surface area contributed by atoms with Crippen LogP contribution in [0.1, 0.15) is 5.69 Å². The molecule has 0 unspecified atom stereocenters. The Hall–Kier alpha value is -2.24. The van der Waals surface area contributed by atoms with E-state index in [4.69, 9.17) is 21.1 Å². The molecule has 3 aromatic rings. The average molecular weight is 319 g/mol. The second kappa shape index (κ2) is 5.87. The number of hydrogen-bond donors (Lipinski definition) is 1. The number of rotatable bonds is 4. The van der Waals surface area contributed by atoms with Crippen LogP contribution in [0.4, 0.5) is 0 Å². The van der Waals surface area contributed by atoms with Crippen molar-refractivity contribution in [3.8, 4) is 22.8 Å². The molecule has 2 heterocycles. The van der Waals surface area contributed by atoms with Gasteiger partial charge in [0.1, 0.15) is 5.65 Å². The Morgan fingerprint density at radius 1 is 1.14 bits per heavy atom. The van der Waals surface area contributed by atoms with E-state index < -0.39 is 0 Å². The highest BCUT2D eigenvalue weighted by atomic mass is 35.5. The number of benzene rings is 1. The third kappa shape index (κ3) is 2.38. The fraction of sp³-hybridized carbons (Fsp3) is 0.188. The maximum absolute atomic E-state index is 9.72. The minimum atomic E-state index is -0.148. The van der Waals surface area contributed by atoms with Crippen molar-refractivity contribution in [3.63, 3.8) is 0 Å². The molecule has 1 aromatic carbocycles. The van der Waals surface area contributed by atoms with Gasteiger partial charge in [0.25, 0.3) is 0 Å². The Morgan fingerprint density at radius 2 is 1.91 bits per heavy atom. The van der Waals surface area contributed by atoms with Gasteiger partial charge in [-0.15, -0.1) is 0 Å². The number of ether oxygens (including phenoxy) is 2. The Morgan fingerprint density at radius 3 is 2.59 bits per heavy atom. The number of aliphatic hydroxyl groups excluding tert-OH is 1. The molecule has 0 bridgehead atoms. The number of imidazole rings is 1. The summed E-state index contributed by atoms with van der Waals surface area (Å²) in [5, 5.41) is 10.3. The molecule has 5 nitrogen and oxygen atoms in total. The van der Waals surface area contributed by atoms with E-state index in [0.29, 0.717) is 27.9 Å². The summed E-state index contributed by atoms with van der Waals surface area (Å²) in [6.07, 6.45) is 1.74. The van der Waals surface area contributed by atoms with Gasteiger partial charge in [-0.05, 0) is 30.3 Å². The van der Waals surface area contributed by atoms with Crippen LogP contribution in [0.5, 0.6) is 11.5 Å². The van der Waals surface area contributed by atoms with Crippen LogP contribution in [0.25, 0.3) is 16.9 Å². The second-order valence-electron chi connectivity index (χ2n) is 4.71. The molecule has 0 atom stereocenters. The zero-order chi connectivity index (χ0) is 15.7. The van der Waals surface area contributed by atoms with E-state index in [0.717, 1.165) is 11.2 Å². The van der Waals surface area contributed by atoms with Gasteiger partial charge < -0.3 is 14.6 Å². The number of nitrogens with zero attached hydrogens (tertiary/aromatic N) is 2. The van der Waals surface area contributed by atoms with Crippen LogP contribution >= 0.6 is 11.6 Å². The topological polar surface area (TPSA) is 56.0 Å². The Kier molecular flexibility index (Phi) is 3.92. The van der Waals surface area contributed by atoms with E-state index in [1.54, 1.807) is 30.9 Å². The largest absolute Gasteiger partial charge is 0.493 e. The fourth-order valence-electron chi connectivity index (χ4n) is 2.43. The summed E-state index contributed by atoms with van der Waals surface area (Å²) in [6.45, 7) is -0.148. The number of hydrogen-bond acceptors (Lipinski definition) is 4. The van der Waals surface area contributed by atoms with Gasteiger partial charge in [-0.1, -0.05) is 11.6 Å². The minimum absolute atomic E-state index is 0.148. The van der Waals surface area contributed by atoms with Crippen LogP contribution < -0.4 is 9.47 Å². The van der Waals surface area contributed by atoms with Crippen molar-refractivity contribution in [2.75, 3.05) is 14.2 Å². The molecule has 0 saturated carbocycles. The van der Waals surface area contributed by atoms with E-state index in [1.807, 2.05) is 24.3 Å². The molecule has 0 aliphatic carbocycles. The third-order valence-electron chi connectivity index (χ3n) is 3.49. The zero-order valence-corrected chi connectivity index (χ0v) is 13.0. The van der Waals surface area contributed by atoms with Crippen LogP contribution in [0, 0.1) is 0 Å². The molecule has 6 heteroatoms. The summed E-state index contributed by atoms with van der Waals surface area (Å²) < 4.78 is 12.3. The van der Waals surface area contributed by atoms with E-state index in [-0.39, 0.29) is 6.61 Å². The molecule has 1 N–H and O–H groups in total. The van der Waals surface area contributed by atoms with Gasteiger partial charge in [0.05, 0.1) is 37.2 Å². The predicted molar refractivity (Wildman–Crippen MR) is 84.7 cm³/mol. The van der Waals surface area contributed by atoms with Gasteiger partial charge in [0.2, 0.25) is 0 Å². The van der Waals surface area contributed by atoms with Crippen LogP contribution in [0.15, 0.2) is 36.5 Å². The molecule has 114 valence electrons. The molecule has 3 rings (SSSR count). The van der Waals surface area contributed by atoms with Crippen molar-refractivity contribution in [1.29, 1.82) is 0 Å². The molecule has 0 fully saturated rings. The number of pyridine rings is 1. The van der Waals surface area contributed by atoms with Gasteiger partial charge in [-0.25, -0.2) is 4.98 Å². The summed E-state index contributed by atoms with van der Waals surface area (Å²) in [5.41, 5.74) is 2.91. The third-order valence-corrected chi connectivity index (χ3v) is 3.71. The highest BCUT2D eigenvalue weighted by Gasteiger charge is 2.15. The van der Waals surface area contributed by atoms with Gasteiger partial charge in [0, 0.05) is 11.8 Å². The zero-order valence-electron chi connectivity index (χ0n) is 12.2. The average Bonchev–Trinajstić information content (AvgIpc) is 2.91. The number of methoxy groups -OCH3 is 2. The normalized spacial score (nSPS) is 10.9. The first-order chi connectivity index (χ1) is 10.7.